The van der Waals surface area contributed by atoms with Gasteiger partial charge in [-0.1, -0.05) is 48.6 Å². The standard InChI is InChI=1S/C24H28N2O5/c1-17(29)24-25-12-13-26(24)21(14-27)9-4-18-2-5-19(6-3-18)20-7-10-23(11-8-20)31-16-22(30)15-28/h2-13,17,21-22,27-30H,14-16H2,1H3/b9-4+/t17-,21-,22?/m0/s1. The molecule has 31 heavy (non-hydrogen) atoms. The molecule has 0 radical (unpaired) electrons. The van der Waals surface area contributed by atoms with Crippen molar-refractivity contribution in [1.29, 1.82) is 0 Å². The van der Waals surface area contributed by atoms with Gasteiger partial charge in [0, 0.05) is 12.4 Å². The molecule has 0 aliphatic carbocycles. The summed E-state index contributed by atoms with van der Waals surface area (Å²) in [6, 6.07) is 15.2. The maximum atomic E-state index is 9.83. The van der Waals surface area contributed by atoms with E-state index in [9.17, 15) is 15.3 Å². The highest BCUT2D eigenvalue weighted by atomic mass is 16.5. The van der Waals surface area contributed by atoms with Crippen molar-refractivity contribution in [3.8, 4) is 16.9 Å². The molecule has 7 nitrogen and oxygen atoms in total. The first-order valence-corrected chi connectivity index (χ1v) is 10.1. The van der Waals surface area contributed by atoms with E-state index in [1.165, 1.54) is 0 Å². The minimum absolute atomic E-state index is 0.0451. The molecule has 4 N–H and O–H groups in total. The molecule has 0 fully saturated rings. The summed E-state index contributed by atoms with van der Waals surface area (Å²) in [6.45, 7) is 1.26. The number of benzene rings is 2. The molecule has 0 amide bonds. The van der Waals surface area contributed by atoms with Gasteiger partial charge in [0.1, 0.15) is 30.4 Å². The molecule has 0 aliphatic rings. The minimum Gasteiger partial charge on any atom is -0.491 e. The van der Waals surface area contributed by atoms with Crippen LogP contribution < -0.4 is 4.74 Å². The summed E-state index contributed by atoms with van der Waals surface area (Å²) in [7, 11) is 0. The van der Waals surface area contributed by atoms with Gasteiger partial charge in [-0.3, -0.25) is 0 Å². The van der Waals surface area contributed by atoms with Gasteiger partial charge in [-0.05, 0) is 35.7 Å². The molecule has 1 unspecified atom stereocenters. The van der Waals surface area contributed by atoms with Crippen molar-refractivity contribution in [2.24, 2.45) is 0 Å². The zero-order valence-corrected chi connectivity index (χ0v) is 17.4. The smallest absolute Gasteiger partial charge is 0.137 e. The van der Waals surface area contributed by atoms with Gasteiger partial charge < -0.3 is 29.7 Å². The molecule has 3 atom stereocenters. The zero-order valence-electron chi connectivity index (χ0n) is 17.4. The topological polar surface area (TPSA) is 108 Å². The number of hydrogen-bond donors (Lipinski definition) is 4. The fourth-order valence-corrected chi connectivity index (χ4v) is 3.17. The lowest BCUT2D eigenvalue weighted by Crippen LogP contribution is -2.21. The Morgan fingerprint density at radius 1 is 0.968 bits per heavy atom. The third-order valence-corrected chi connectivity index (χ3v) is 4.88. The average Bonchev–Trinajstić information content (AvgIpc) is 3.29. The maximum Gasteiger partial charge on any atom is 0.137 e. The normalized spacial score (nSPS) is 14.5. The second-order valence-corrected chi connectivity index (χ2v) is 7.27. The molecule has 0 aliphatic heterocycles. The molecule has 0 saturated carbocycles. The van der Waals surface area contributed by atoms with Crippen LogP contribution in [0.5, 0.6) is 5.75 Å². The fourth-order valence-electron chi connectivity index (χ4n) is 3.17. The number of ether oxygens (including phenoxy) is 1. The second kappa shape index (κ2) is 10.9. The first kappa shape index (κ1) is 22.7. The van der Waals surface area contributed by atoms with Crippen LogP contribution in [0.15, 0.2) is 67.0 Å². The highest BCUT2D eigenvalue weighted by molar-refractivity contribution is 5.66. The maximum absolute atomic E-state index is 9.83. The Balaban J connectivity index is 1.66. The molecule has 7 heteroatoms. The average molecular weight is 424 g/mol. The van der Waals surface area contributed by atoms with Gasteiger partial charge >= 0.3 is 0 Å². The lowest BCUT2D eigenvalue weighted by atomic mass is 10.0. The molecule has 3 aromatic rings. The van der Waals surface area contributed by atoms with E-state index >= 15 is 0 Å². The highest BCUT2D eigenvalue weighted by Crippen LogP contribution is 2.24. The van der Waals surface area contributed by atoms with Crippen molar-refractivity contribution in [3.05, 3.63) is 78.4 Å². The van der Waals surface area contributed by atoms with Crippen molar-refractivity contribution in [2.75, 3.05) is 19.8 Å². The van der Waals surface area contributed by atoms with Crippen LogP contribution in [0.25, 0.3) is 17.2 Å². The summed E-state index contributed by atoms with van der Waals surface area (Å²) in [4.78, 5) is 4.15. The van der Waals surface area contributed by atoms with Crippen molar-refractivity contribution >= 4 is 6.08 Å². The Bertz CT molecular complexity index is 964. The van der Waals surface area contributed by atoms with Gasteiger partial charge in [0.15, 0.2) is 0 Å². The molecular weight excluding hydrogens is 396 g/mol. The number of aliphatic hydroxyl groups is 4. The number of aromatic nitrogens is 2. The van der Waals surface area contributed by atoms with E-state index < -0.39 is 12.2 Å². The number of hydrogen-bond acceptors (Lipinski definition) is 6. The molecule has 164 valence electrons. The Kier molecular flexibility index (Phi) is 7.97. The second-order valence-electron chi connectivity index (χ2n) is 7.27. The first-order valence-electron chi connectivity index (χ1n) is 10.1. The highest BCUT2D eigenvalue weighted by Gasteiger charge is 2.14. The van der Waals surface area contributed by atoms with Crippen LogP contribution in [-0.2, 0) is 0 Å². The van der Waals surface area contributed by atoms with Crippen LogP contribution in [-0.4, -0.2) is 55.9 Å². The molecule has 0 bridgehead atoms. The molecule has 3 rings (SSSR count). The van der Waals surface area contributed by atoms with E-state index in [4.69, 9.17) is 9.84 Å². The van der Waals surface area contributed by atoms with Crippen LogP contribution in [0.3, 0.4) is 0 Å². The van der Waals surface area contributed by atoms with Crippen molar-refractivity contribution in [2.45, 2.75) is 25.2 Å². The lowest BCUT2D eigenvalue weighted by Gasteiger charge is -2.16. The fraction of sp³-hybridized carbons (Fsp3) is 0.292. The van der Waals surface area contributed by atoms with E-state index in [-0.39, 0.29) is 25.9 Å². The summed E-state index contributed by atoms with van der Waals surface area (Å²) in [5.74, 6) is 1.14. The Labute approximate surface area is 181 Å². The summed E-state index contributed by atoms with van der Waals surface area (Å²) in [5.41, 5.74) is 3.06. The van der Waals surface area contributed by atoms with Gasteiger partial charge in [0.2, 0.25) is 0 Å². The SMILES string of the molecule is C[C@H](O)c1nccn1[C@@H](/C=C/c1ccc(-c2ccc(OCC(O)CO)cc2)cc1)CO. The molecule has 0 spiro atoms. The van der Waals surface area contributed by atoms with E-state index in [0.29, 0.717) is 11.6 Å². The van der Waals surface area contributed by atoms with Crippen LogP contribution in [0, 0.1) is 0 Å². The predicted octanol–water partition coefficient (Wildman–Crippen LogP) is 2.58. The molecule has 2 aromatic carbocycles. The number of imidazole rings is 1. The summed E-state index contributed by atoms with van der Waals surface area (Å²) in [6.07, 6.45) is 5.56. The Hall–Kier alpha value is -2.97. The third-order valence-electron chi connectivity index (χ3n) is 4.88. The van der Waals surface area contributed by atoms with Crippen LogP contribution in [0.2, 0.25) is 0 Å². The van der Waals surface area contributed by atoms with Gasteiger partial charge in [-0.25, -0.2) is 4.98 Å². The largest absolute Gasteiger partial charge is 0.491 e. The van der Waals surface area contributed by atoms with E-state index in [0.717, 1.165) is 16.7 Å². The Morgan fingerprint density at radius 3 is 2.19 bits per heavy atom. The van der Waals surface area contributed by atoms with Crippen LogP contribution in [0.4, 0.5) is 0 Å². The van der Waals surface area contributed by atoms with Crippen molar-refractivity contribution in [3.63, 3.8) is 0 Å². The zero-order chi connectivity index (χ0) is 22.2. The summed E-state index contributed by atoms with van der Waals surface area (Å²) in [5, 5.41) is 37.8. The quantitative estimate of drug-likeness (QED) is 0.398. The number of rotatable bonds is 10. The van der Waals surface area contributed by atoms with Gasteiger partial charge in [0.25, 0.3) is 0 Å². The molecule has 0 saturated heterocycles. The van der Waals surface area contributed by atoms with E-state index in [2.05, 4.69) is 4.98 Å². The monoisotopic (exact) mass is 424 g/mol. The number of nitrogens with zero attached hydrogens (tertiary/aromatic N) is 2. The van der Waals surface area contributed by atoms with Crippen molar-refractivity contribution in [1.82, 2.24) is 9.55 Å². The summed E-state index contributed by atoms with van der Waals surface area (Å²) < 4.78 is 7.19. The van der Waals surface area contributed by atoms with Crippen LogP contribution >= 0.6 is 0 Å². The predicted molar refractivity (Wildman–Crippen MR) is 118 cm³/mol. The van der Waals surface area contributed by atoms with E-state index in [1.54, 1.807) is 23.9 Å². The van der Waals surface area contributed by atoms with Gasteiger partial charge in [-0.15, -0.1) is 0 Å². The van der Waals surface area contributed by atoms with Crippen LogP contribution in [0.1, 0.15) is 30.5 Å². The van der Waals surface area contributed by atoms with Crippen molar-refractivity contribution < 1.29 is 25.2 Å². The third kappa shape index (κ3) is 6.02. The lowest BCUT2D eigenvalue weighted by molar-refractivity contribution is 0.0536. The molecule has 1 aromatic heterocycles. The minimum atomic E-state index is -0.891. The van der Waals surface area contributed by atoms with Gasteiger partial charge in [-0.2, -0.15) is 0 Å². The molecule has 1 heterocycles. The first-order chi connectivity index (χ1) is 15.0. The summed E-state index contributed by atoms with van der Waals surface area (Å²) >= 11 is 0. The Morgan fingerprint density at radius 2 is 1.61 bits per heavy atom. The van der Waals surface area contributed by atoms with E-state index in [1.807, 2.05) is 60.7 Å². The van der Waals surface area contributed by atoms with Gasteiger partial charge in [0.05, 0.1) is 19.3 Å². The number of aliphatic hydroxyl groups excluding tert-OH is 4. The molecular formula is C24H28N2O5.